The van der Waals surface area contributed by atoms with Gasteiger partial charge >= 0.3 is 0 Å². The van der Waals surface area contributed by atoms with Crippen LogP contribution in [0.3, 0.4) is 0 Å². The Morgan fingerprint density at radius 1 is 1.00 bits per heavy atom. The molecule has 0 amide bonds. The summed E-state index contributed by atoms with van der Waals surface area (Å²) in [5, 5.41) is 2.50. The van der Waals surface area contributed by atoms with Gasteiger partial charge < -0.3 is 14.8 Å². The van der Waals surface area contributed by atoms with Crippen molar-refractivity contribution in [3.63, 3.8) is 0 Å². The van der Waals surface area contributed by atoms with Crippen LogP contribution >= 0.6 is 0 Å². The summed E-state index contributed by atoms with van der Waals surface area (Å²) >= 11 is 0. The van der Waals surface area contributed by atoms with Gasteiger partial charge in [-0.2, -0.15) is 0 Å². The Hall–Kier alpha value is -1.22. The lowest BCUT2D eigenvalue weighted by atomic mass is 10.1. The maximum Gasteiger partial charge on any atom is 0.161 e. The van der Waals surface area contributed by atoms with Crippen molar-refractivity contribution in [3.05, 3.63) is 23.8 Å². The molecule has 0 bridgehead atoms. The lowest BCUT2D eigenvalue weighted by Crippen LogP contribution is -2.87. The Kier molecular flexibility index (Phi) is 5.60. The molecular formula is C19H30NO2+. The largest absolute Gasteiger partial charge is 0.490 e. The molecule has 22 heavy (non-hydrogen) atoms. The van der Waals surface area contributed by atoms with Gasteiger partial charge in [0, 0.05) is 5.56 Å². The molecule has 3 nitrogen and oxygen atoms in total. The molecule has 0 aromatic heterocycles. The predicted octanol–water partition coefficient (Wildman–Crippen LogP) is 3.41. The Labute approximate surface area is 134 Å². The highest BCUT2D eigenvalue weighted by atomic mass is 16.5. The summed E-state index contributed by atoms with van der Waals surface area (Å²) in [5.74, 6) is 1.85. The van der Waals surface area contributed by atoms with Gasteiger partial charge in [0.15, 0.2) is 11.5 Å². The Bertz CT molecular complexity index is 463. The second-order valence-electron chi connectivity index (χ2n) is 6.72. The minimum absolute atomic E-state index is 0.384. The molecule has 2 N–H and O–H groups in total. The van der Waals surface area contributed by atoms with Gasteiger partial charge in [-0.1, -0.05) is 0 Å². The van der Waals surface area contributed by atoms with E-state index in [2.05, 4.69) is 23.5 Å². The molecular weight excluding hydrogens is 274 g/mol. The van der Waals surface area contributed by atoms with Crippen molar-refractivity contribution in [1.82, 2.24) is 0 Å². The molecule has 0 heterocycles. The highest BCUT2D eigenvalue weighted by Crippen LogP contribution is 2.32. The monoisotopic (exact) mass is 304 g/mol. The summed E-state index contributed by atoms with van der Waals surface area (Å²) in [6.07, 6.45) is 10.9. The molecule has 0 unspecified atom stereocenters. The topological polar surface area (TPSA) is 35.1 Å². The zero-order valence-electron chi connectivity index (χ0n) is 13.9. The van der Waals surface area contributed by atoms with E-state index in [0.717, 1.165) is 24.1 Å². The van der Waals surface area contributed by atoms with Gasteiger partial charge in [-0.25, -0.2) is 0 Å². The zero-order chi connectivity index (χ0) is 15.2. The first-order valence-corrected chi connectivity index (χ1v) is 9.11. The molecule has 0 atom stereocenters. The van der Waals surface area contributed by atoms with Crippen LogP contribution in [0.15, 0.2) is 18.2 Å². The number of hydrogen-bond donors (Lipinski definition) is 1. The summed E-state index contributed by atoms with van der Waals surface area (Å²) in [6.45, 7) is 3.78. The van der Waals surface area contributed by atoms with Gasteiger partial charge in [0.05, 0.1) is 18.8 Å². The fourth-order valence-corrected chi connectivity index (χ4v) is 3.73. The van der Waals surface area contributed by atoms with Gasteiger partial charge in [0.2, 0.25) is 0 Å². The number of ether oxygens (including phenoxy) is 2. The first kappa shape index (κ1) is 15.7. The van der Waals surface area contributed by atoms with Crippen molar-refractivity contribution in [2.45, 2.75) is 77.0 Å². The number of hydrogen-bond acceptors (Lipinski definition) is 2. The van der Waals surface area contributed by atoms with E-state index in [1.54, 1.807) is 0 Å². The molecule has 0 saturated heterocycles. The van der Waals surface area contributed by atoms with Crippen LogP contribution < -0.4 is 14.8 Å². The van der Waals surface area contributed by atoms with Crippen LogP contribution in [0.2, 0.25) is 0 Å². The molecule has 122 valence electrons. The van der Waals surface area contributed by atoms with Crippen LogP contribution in [-0.2, 0) is 6.54 Å². The Morgan fingerprint density at radius 2 is 1.73 bits per heavy atom. The van der Waals surface area contributed by atoms with Crippen molar-refractivity contribution < 1.29 is 14.8 Å². The molecule has 0 spiro atoms. The van der Waals surface area contributed by atoms with Crippen molar-refractivity contribution in [2.75, 3.05) is 6.61 Å². The average Bonchev–Trinajstić information content (AvgIpc) is 3.21. The second-order valence-corrected chi connectivity index (χ2v) is 6.72. The van der Waals surface area contributed by atoms with Gasteiger partial charge in [0.1, 0.15) is 6.54 Å². The van der Waals surface area contributed by atoms with Crippen LogP contribution in [0.5, 0.6) is 11.5 Å². The molecule has 3 rings (SSSR count). The molecule has 2 saturated carbocycles. The third-order valence-corrected chi connectivity index (χ3v) is 4.99. The van der Waals surface area contributed by atoms with E-state index in [1.807, 2.05) is 6.92 Å². The standard InChI is InChI=1S/C19H29NO2/c1-2-21-19-13-15(14-20-16-7-3-4-8-16)11-12-18(19)22-17-9-5-6-10-17/h11-13,16-17,20H,2-10,14H2,1H3/p+1. The van der Waals surface area contributed by atoms with Crippen LogP contribution in [0.25, 0.3) is 0 Å². The minimum atomic E-state index is 0.384. The third-order valence-electron chi connectivity index (χ3n) is 4.99. The second kappa shape index (κ2) is 7.87. The fraction of sp³-hybridized carbons (Fsp3) is 0.684. The van der Waals surface area contributed by atoms with E-state index >= 15 is 0 Å². The SMILES string of the molecule is CCOc1cc(C[NH2+]C2CCCC2)ccc1OC1CCCC1. The number of benzene rings is 1. The first-order chi connectivity index (χ1) is 10.8. The lowest BCUT2D eigenvalue weighted by Gasteiger charge is -2.17. The van der Waals surface area contributed by atoms with Gasteiger partial charge in [-0.05, 0) is 76.5 Å². The number of rotatable bonds is 7. The van der Waals surface area contributed by atoms with E-state index in [1.165, 1.54) is 56.9 Å². The summed E-state index contributed by atoms with van der Waals surface area (Å²) in [7, 11) is 0. The van der Waals surface area contributed by atoms with Gasteiger partial charge in [-0.3, -0.25) is 0 Å². The minimum Gasteiger partial charge on any atom is -0.490 e. The third kappa shape index (κ3) is 4.16. The lowest BCUT2D eigenvalue weighted by molar-refractivity contribution is -0.703. The Morgan fingerprint density at radius 3 is 2.45 bits per heavy atom. The van der Waals surface area contributed by atoms with Crippen molar-refractivity contribution in [3.8, 4) is 11.5 Å². The number of nitrogens with two attached hydrogens (primary N) is 1. The summed E-state index contributed by atoms with van der Waals surface area (Å²) in [6, 6.07) is 7.32. The zero-order valence-corrected chi connectivity index (χ0v) is 13.9. The molecule has 1 aromatic rings. The van der Waals surface area contributed by atoms with Crippen molar-refractivity contribution in [2.24, 2.45) is 0 Å². The molecule has 2 fully saturated rings. The molecule has 3 heteroatoms. The van der Waals surface area contributed by atoms with Crippen LogP contribution in [-0.4, -0.2) is 18.8 Å². The first-order valence-electron chi connectivity index (χ1n) is 9.11. The van der Waals surface area contributed by atoms with E-state index in [-0.39, 0.29) is 0 Å². The number of quaternary nitrogens is 1. The maximum absolute atomic E-state index is 6.16. The average molecular weight is 304 g/mol. The Balaban J connectivity index is 1.62. The highest BCUT2D eigenvalue weighted by Gasteiger charge is 2.20. The van der Waals surface area contributed by atoms with Crippen molar-refractivity contribution in [1.29, 1.82) is 0 Å². The molecule has 0 aliphatic heterocycles. The molecule has 1 aromatic carbocycles. The van der Waals surface area contributed by atoms with E-state index in [0.29, 0.717) is 12.7 Å². The fourth-order valence-electron chi connectivity index (χ4n) is 3.73. The van der Waals surface area contributed by atoms with Gasteiger partial charge in [-0.15, -0.1) is 0 Å². The molecule has 2 aliphatic carbocycles. The predicted molar refractivity (Wildman–Crippen MR) is 88.4 cm³/mol. The maximum atomic E-state index is 6.16. The van der Waals surface area contributed by atoms with Crippen molar-refractivity contribution >= 4 is 0 Å². The summed E-state index contributed by atoms with van der Waals surface area (Å²) in [5.41, 5.74) is 1.34. The van der Waals surface area contributed by atoms with Gasteiger partial charge in [0.25, 0.3) is 0 Å². The molecule has 2 aliphatic rings. The van der Waals surface area contributed by atoms with Crippen LogP contribution in [0.1, 0.15) is 63.9 Å². The summed E-state index contributed by atoms with van der Waals surface area (Å²) in [4.78, 5) is 0. The van der Waals surface area contributed by atoms with Crippen LogP contribution in [0, 0.1) is 0 Å². The van der Waals surface area contributed by atoms with E-state index in [9.17, 15) is 0 Å². The normalized spacial score (nSPS) is 19.7. The highest BCUT2D eigenvalue weighted by molar-refractivity contribution is 5.43. The van der Waals surface area contributed by atoms with E-state index < -0.39 is 0 Å². The molecule has 0 radical (unpaired) electrons. The quantitative estimate of drug-likeness (QED) is 0.838. The van der Waals surface area contributed by atoms with E-state index in [4.69, 9.17) is 9.47 Å². The van der Waals surface area contributed by atoms with Crippen LogP contribution in [0.4, 0.5) is 0 Å². The summed E-state index contributed by atoms with van der Waals surface area (Å²) < 4.78 is 12.0. The smallest absolute Gasteiger partial charge is 0.161 e.